The number of hydrogen-bond donors (Lipinski definition) is 2. The van der Waals surface area contributed by atoms with Crippen molar-refractivity contribution in [3.8, 4) is 11.8 Å². The Labute approximate surface area is 142 Å². The third kappa shape index (κ3) is 2.67. The maximum Gasteiger partial charge on any atom is 0.205 e. The van der Waals surface area contributed by atoms with Crippen molar-refractivity contribution >= 4 is 17.3 Å². The second-order valence-corrected chi connectivity index (χ2v) is 6.04. The molecule has 0 aliphatic carbocycles. The van der Waals surface area contributed by atoms with Gasteiger partial charge in [0.15, 0.2) is 0 Å². The second-order valence-electron chi connectivity index (χ2n) is 6.04. The molecule has 122 valence electrons. The molecule has 3 rings (SSSR count). The number of nitrogens with one attached hydrogen (secondary N) is 2. The number of fused-ring (bicyclic) bond motifs is 1. The van der Waals surface area contributed by atoms with Gasteiger partial charge >= 0.3 is 0 Å². The fourth-order valence-corrected chi connectivity index (χ4v) is 3.05. The summed E-state index contributed by atoms with van der Waals surface area (Å²) >= 11 is 0. The Morgan fingerprint density at radius 1 is 1.21 bits per heavy atom. The summed E-state index contributed by atoms with van der Waals surface area (Å²) in [5.74, 6) is -0.191. The lowest BCUT2D eigenvalue weighted by Crippen LogP contribution is -2.31. The second kappa shape index (κ2) is 6.25. The Kier molecular flexibility index (Phi) is 4.13. The minimum Gasteiger partial charge on any atom is -0.442 e. The minimum atomic E-state index is -0.630. The lowest BCUT2D eigenvalue weighted by atomic mass is 9.79. The van der Waals surface area contributed by atoms with E-state index in [0.29, 0.717) is 5.75 Å². The van der Waals surface area contributed by atoms with Crippen LogP contribution >= 0.6 is 0 Å². The van der Waals surface area contributed by atoms with Crippen LogP contribution in [0.2, 0.25) is 0 Å². The van der Waals surface area contributed by atoms with Crippen LogP contribution in [0.5, 0.6) is 5.75 Å². The molecular weight excluding hydrogens is 300 g/mol. The zero-order chi connectivity index (χ0) is 17.3. The minimum absolute atomic E-state index is 0.000710. The highest BCUT2D eigenvalue weighted by molar-refractivity contribution is 5.85. The predicted molar refractivity (Wildman–Crippen MR) is 96.1 cm³/mol. The van der Waals surface area contributed by atoms with Gasteiger partial charge in [0.05, 0.1) is 6.07 Å². The maximum atomic E-state index is 9.59. The van der Waals surface area contributed by atoms with Gasteiger partial charge in [-0.15, -0.1) is 0 Å². The molecule has 2 aromatic carbocycles. The molecule has 0 saturated heterocycles. The first-order valence-electron chi connectivity index (χ1n) is 7.80. The monoisotopic (exact) mass is 320 g/mol. The number of benzene rings is 2. The predicted octanol–water partition coefficient (Wildman–Crippen LogP) is 3.44. The normalized spacial score (nSPS) is 19.0. The highest BCUT2D eigenvalue weighted by Gasteiger charge is 2.37. The summed E-state index contributed by atoms with van der Waals surface area (Å²) in [6.07, 6.45) is 0. The number of anilines is 2. The average Bonchev–Trinajstić information content (AvgIpc) is 2.59. The first-order chi connectivity index (χ1) is 11.5. The van der Waals surface area contributed by atoms with E-state index >= 15 is 0 Å². The largest absolute Gasteiger partial charge is 0.442 e. The summed E-state index contributed by atoms with van der Waals surface area (Å²) in [5.41, 5.74) is 3.92. The highest BCUT2D eigenvalue weighted by Crippen LogP contribution is 2.43. The molecule has 0 spiro atoms. The standard InChI is InChI=1S/C19H20N4O/c1-22-13-6-4-5-12(9-13)18-15-8-7-14(23(2)3)10-17(15)24-19(21)16(18)11-20/h4-10,16,18,21-22H,1-3H3. The molecule has 2 unspecified atom stereocenters. The van der Waals surface area contributed by atoms with Crippen LogP contribution in [0, 0.1) is 22.7 Å². The van der Waals surface area contributed by atoms with E-state index in [2.05, 4.69) is 11.4 Å². The number of hydrogen-bond acceptors (Lipinski definition) is 5. The molecule has 2 aromatic rings. The third-order valence-corrected chi connectivity index (χ3v) is 4.36. The Bertz CT molecular complexity index is 822. The van der Waals surface area contributed by atoms with E-state index in [-0.39, 0.29) is 11.8 Å². The number of rotatable bonds is 3. The molecule has 0 bridgehead atoms. The lowest BCUT2D eigenvalue weighted by Gasteiger charge is -2.31. The van der Waals surface area contributed by atoms with Gasteiger partial charge in [-0.05, 0) is 23.8 Å². The first-order valence-corrected chi connectivity index (χ1v) is 7.80. The van der Waals surface area contributed by atoms with Crippen molar-refractivity contribution in [2.75, 3.05) is 31.4 Å². The molecule has 0 fully saturated rings. The molecular formula is C19H20N4O. The fraction of sp³-hybridized carbons (Fsp3) is 0.263. The average molecular weight is 320 g/mol. The van der Waals surface area contributed by atoms with Gasteiger partial charge in [0, 0.05) is 50.1 Å². The van der Waals surface area contributed by atoms with Gasteiger partial charge in [-0.3, -0.25) is 5.41 Å². The molecule has 2 atom stereocenters. The van der Waals surface area contributed by atoms with E-state index in [1.165, 1.54) is 0 Å². The Balaban J connectivity index is 2.16. The van der Waals surface area contributed by atoms with Crippen molar-refractivity contribution in [1.82, 2.24) is 0 Å². The number of ether oxygens (including phenoxy) is 1. The van der Waals surface area contributed by atoms with Gasteiger partial charge in [-0.25, -0.2) is 0 Å². The summed E-state index contributed by atoms with van der Waals surface area (Å²) in [4.78, 5) is 1.99. The molecule has 24 heavy (non-hydrogen) atoms. The van der Waals surface area contributed by atoms with Crippen LogP contribution in [0.1, 0.15) is 17.0 Å². The molecule has 5 nitrogen and oxygen atoms in total. The first kappa shape index (κ1) is 15.9. The summed E-state index contributed by atoms with van der Waals surface area (Å²) in [6, 6.07) is 16.1. The van der Waals surface area contributed by atoms with Gasteiger partial charge in [0.25, 0.3) is 0 Å². The van der Waals surface area contributed by atoms with E-state index in [1.807, 2.05) is 68.5 Å². The van der Waals surface area contributed by atoms with Crippen molar-refractivity contribution in [2.24, 2.45) is 5.92 Å². The Hall–Kier alpha value is -3.00. The molecule has 0 aromatic heterocycles. The molecule has 1 aliphatic rings. The van der Waals surface area contributed by atoms with Crippen LogP contribution in [-0.4, -0.2) is 27.0 Å². The molecule has 5 heteroatoms. The van der Waals surface area contributed by atoms with E-state index in [4.69, 9.17) is 10.1 Å². The van der Waals surface area contributed by atoms with Crippen LogP contribution in [0.25, 0.3) is 0 Å². The van der Waals surface area contributed by atoms with Crippen molar-refractivity contribution in [3.05, 3.63) is 53.6 Å². The summed E-state index contributed by atoms with van der Waals surface area (Å²) in [7, 11) is 5.79. The summed E-state index contributed by atoms with van der Waals surface area (Å²) in [6.45, 7) is 0. The Morgan fingerprint density at radius 3 is 2.67 bits per heavy atom. The van der Waals surface area contributed by atoms with Crippen molar-refractivity contribution in [3.63, 3.8) is 0 Å². The molecule has 2 N–H and O–H groups in total. The topological polar surface area (TPSA) is 72.1 Å². The molecule has 1 aliphatic heterocycles. The van der Waals surface area contributed by atoms with E-state index < -0.39 is 5.92 Å². The third-order valence-electron chi connectivity index (χ3n) is 4.36. The van der Waals surface area contributed by atoms with Gasteiger partial charge in [0.2, 0.25) is 5.90 Å². The molecule has 0 radical (unpaired) electrons. The van der Waals surface area contributed by atoms with Gasteiger partial charge in [0.1, 0.15) is 11.7 Å². The summed E-state index contributed by atoms with van der Waals surface area (Å²) < 4.78 is 5.65. The van der Waals surface area contributed by atoms with E-state index in [0.717, 1.165) is 22.5 Å². The quantitative estimate of drug-likeness (QED) is 0.909. The SMILES string of the molecule is CNc1cccc(C2c3ccc(N(C)C)cc3OC(=N)C2C#N)c1. The van der Waals surface area contributed by atoms with Crippen LogP contribution in [-0.2, 0) is 0 Å². The van der Waals surface area contributed by atoms with Crippen LogP contribution in [0.15, 0.2) is 42.5 Å². The zero-order valence-corrected chi connectivity index (χ0v) is 14.0. The smallest absolute Gasteiger partial charge is 0.205 e. The fourth-order valence-electron chi connectivity index (χ4n) is 3.05. The van der Waals surface area contributed by atoms with E-state index in [9.17, 15) is 5.26 Å². The molecule has 0 amide bonds. The van der Waals surface area contributed by atoms with E-state index in [1.54, 1.807) is 0 Å². The maximum absolute atomic E-state index is 9.59. The summed E-state index contributed by atoms with van der Waals surface area (Å²) in [5, 5.41) is 20.9. The molecule has 0 saturated carbocycles. The van der Waals surface area contributed by atoms with Crippen LogP contribution in [0.3, 0.4) is 0 Å². The van der Waals surface area contributed by atoms with Gasteiger partial charge in [-0.2, -0.15) is 5.26 Å². The van der Waals surface area contributed by atoms with Crippen LogP contribution < -0.4 is 15.0 Å². The lowest BCUT2D eigenvalue weighted by molar-refractivity contribution is 0.450. The number of nitrogens with zero attached hydrogens (tertiary/aromatic N) is 2. The number of nitriles is 1. The van der Waals surface area contributed by atoms with Gasteiger partial charge < -0.3 is 15.0 Å². The van der Waals surface area contributed by atoms with Crippen molar-refractivity contribution in [2.45, 2.75) is 5.92 Å². The van der Waals surface area contributed by atoms with Crippen molar-refractivity contribution in [1.29, 1.82) is 10.7 Å². The highest BCUT2D eigenvalue weighted by atomic mass is 16.5. The van der Waals surface area contributed by atoms with Gasteiger partial charge in [-0.1, -0.05) is 18.2 Å². The molecule has 1 heterocycles. The van der Waals surface area contributed by atoms with Crippen molar-refractivity contribution < 1.29 is 4.74 Å². The Morgan fingerprint density at radius 2 is 2.00 bits per heavy atom. The zero-order valence-electron chi connectivity index (χ0n) is 14.0. The van der Waals surface area contributed by atoms with Crippen LogP contribution in [0.4, 0.5) is 11.4 Å².